The van der Waals surface area contributed by atoms with Crippen molar-refractivity contribution in [1.29, 1.82) is 0 Å². The Morgan fingerprint density at radius 3 is 2.59 bits per heavy atom. The molecule has 8 heteroatoms. The van der Waals surface area contributed by atoms with Gasteiger partial charge in [-0.1, -0.05) is 18.2 Å². The van der Waals surface area contributed by atoms with Crippen molar-refractivity contribution >= 4 is 23.1 Å². The monoisotopic (exact) mass is 400 g/mol. The van der Waals surface area contributed by atoms with Gasteiger partial charge in [-0.2, -0.15) is 0 Å². The van der Waals surface area contributed by atoms with Crippen LogP contribution in [0.3, 0.4) is 0 Å². The van der Waals surface area contributed by atoms with Crippen LogP contribution in [-0.4, -0.2) is 36.2 Å². The predicted octanol–water partition coefficient (Wildman–Crippen LogP) is 2.16. The number of nitro groups is 1. The van der Waals surface area contributed by atoms with E-state index in [1.807, 2.05) is 0 Å². The number of Topliss-reactive ketones (excluding diaryl/α,β-unsaturated/α-hetero) is 1. The summed E-state index contributed by atoms with van der Waals surface area (Å²) in [5.41, 5.74) is 1.49. The summed E-state index contributed by atoms with van der Waals surface area (Å²) < 4.78 is 13.3. The van der Waals surface area contributed by atoms with Crippen molar-refractivity contribution in [3.8, 4) is 0 Å². The lowest BCUT2D eigenvalue weighted by Crippen LogP contribution is -3.14. The standard InChI is InChI=1S/C21H22FN3O4/c1-14-5-6-18(25(28)29)12-19(14)23-20(26)13-24-9-7-15(8-10-24)21(27)16-3-2-4-17(22)11-16/h2-6,11-12,15H,7-10,13H2,1H3,(H,23,26)/p+1. The number of nitro benzene ring substituents is 1. The summed E-state index contributed by atoms with van der Waals surface area (Å²) in [5.74, 6) is -0.867. The largest absolute Gasteiger partial charge is 0.327 e. The Labute approximate surface area is 167 Å². The summed E-state index contributed by atoms with van der Waals surface area (Å²) in [6.45, 7) is 3.32. The zero-order valence-corrected chi connectivity index (χ0v) is 16.1. The van der Waals surface area contributed by atoms with Gasteiger partial charge in [-0.25, -0.2) is 4.39 Å². The highest BCUT2D eigenvalue weighted by Gasteiger charge is 2.29. The van der Waals surface area contributed by atoms with Crippen molar-refractivity contribution in [2.24, 2.45) is 5.92 Å². The van der Waals surface area contributed by atoms with E-state index in [9.17, 15) is 24.1 Å². The lowest BCUT2D eigenvalue weighted by molar-refractivity contribution is -0.897. The third-order valence-corrected chi connectivity index (χ3v) is 5.29. The number of hydrogen-bond acceptors (Lipinski definition) is 4. The Balaban J connectivity index is 1.53. The van der Waals surface area contributed by atoms with E-state index < -0.39 is 10.7 Å². The number of likely N-dealkylation sites (tertiary alicyclic amines) is 1. The minimum atomic E-state index is -0.499. The predicted molar refractivity (Wildman–Crippen MR) is 105 cm³/mol. The van der Waals surface area contributed by atoms with Crippen molar-refractivity contribution in [2.45, 2.75) is 19.8 Å². The van der Waals surface area contributed by atoms with Crippen LogP contribution in [0.15, 0.2) is 42.5 Å². The maximum Gasteiger partial charge on any atom is 0.279 e. The zero-order valence-electron chi connectivity index (χ0n) is 16.1. The van der Waals surface area contributed by atoms with Crippen molar-refractivity contribution in [3.63, 3.8) is 0 Å². The number of nitrogens with one attached hydrogen (secondary N) is 2. The fourth-order valence-electron chi connectivity index (χ4n) is 3.62. The molecule has 1 fully saturated rings. The average Bonchev–Trinajstić information content (AvgIpc) is 2.69. The molecule has 3 rings (SSSR count). The molecule has 0 spiro atoms. The van der Waals surface area contributed by atoms with Gasteiger partial charge in [0.1, 0.15) is 5.82 Å². The van der Waals surface area contributed by atoms with Crippen LogP contribution in [0.25, 0.3) is 0 Å². The molecule has 0 atom stereocenters. The molecule has 1 aliphatic heterocycles. The number of hydrogen-bond donors (Lipinski definition) is 2. The van der Waals surface area contributed by atoms with E-state index in [0.717, 1.165) is 10.5 Å². The molecule has 2 N–H and O–H groups in total. The molecule has 1 saturated heterocycles. The number of benzene rings is 2. The summed E-state index contributed by atoms with van der Waals surface area (Å²) in [4.78, 5) is 36.4. The van der Waals surface area contributed by atoms with Crippen LogP contribution in [-0.2, 0) is 4.79 Å². The summed E-state index contributed by atoms with van der Waals surface area (Å²) in [5, 5.41) is 13.7. The van der Waals surface area contributed by atoms with Crippen LogP contribution in [0.4, 0.5) is 15.8 Å². The lowest BCUT2D eigenvalue weighted by atomic mass is 9.89. The van der Waals surface area contributed by atoms with Gasteiger partial charge in [0.15, 0.2) is 12.3 Å². The molecule has 1 amide bonds. The summed E-state index contributed by atoms with van der Waals surface area (Å²) in [7, 11) is 0. The van der Waals surface area contributed by atoms with Crippen LogP contribution in [0.5, 0.6) is 0 Å². The number of ketones is 1. The number of non-ortho nitro benzene ring substituents is 1. The third kappa shape index (κ3) is 5.23. The number of nitrogens with zero attached hydrogens (tertiary/aromatic N) is 1. The summed E-state index contributed by atoms with van der Waals surface area (Å²) in [6, 6.07) is 10.1. The van der Waals surface area contributed by atoms with E-state index in [4.69, 9.17) is 0 Å². The number of carbonyl (C=O) groups excluding carboxylic acids is 2. The van der Waals surface area contributed by atoms with Gasteiger partial charge in [0.25, 0.3) is 11.6 Å². The molecule has 1 heterocycles. The number of amides is 1. The highest BCUT2D eigenvalue weighted by Crippen LogP contribution is 2.22. The third-order valence-electron chi connectivity index (χ3n) is 5.29. The Morgan fingerprint density at radius 2 is 1.93 bits per heavy atom. The highest BCUT2D eigenvalue weighted by atomic mass is 19.1. The Kier molecular flexibility index (Phi) is 6.33. The van der Waals surface area contributed by atoms with Crippen molar-refractivity contribution in [2.75, 3.05) is 25.0 Å². The molecule has 7 nitrogen and oxygen atoms in total. The maximum atomic E-state index is 13.3. The van der Waals surface area contributed by atoms with E-state index in [1.165, 1.54) is 30.3 Å². The Hall–Kier alpha value is -3.13. The minimum absolute atomic E-state index is 0.0554. The first-order valence-corrected chi connectivity index (χ1v) is 9.51. The number of halogens is 1. The number of anilines is 1. The number of rotatable bonds is 6. The molecule has 0 radical (unpaired) electrons. The van der Waals surface area contributed by atoms with Crippen molar-refractivity contribution in [1.82, 2.24) is 0 Å². The fourth-order valence-corrected chi connectivity index (χ4v) is 3.62. The topological polar surface area (TPSA) is 93.8 Å². The lowest BCUT2D eigenvalue weighted by Gasteiger charge is -2.28. The van der Waals surface area contributed by atoms with Gasteiger partial charge in [-0.15, -0.1) is 0 Å². The van der Waals surface area contributed by atoms with Gasteiger partial charge in [-0.05, 0) is 24.6 Å². The first-order valence-electron chi connectivity index (χ1n) is 9.51. The van der Waals surface area contributed by atoms with Crippen LogP contribution in [0.2, 0.25) is 0 Å². The molecular weight excluding hydrogens is 377 g/mol. The molecule has 0 aromatic heterocycles. The van der Waals surface area contributed by atoms with Gasteiger partial charge in [0.2, 0.25) is 0 Å². The van der Waals surface area contributed by atoms with E-state index in [-0.39, 0.29) is 29.8 Å². The highest BCUT2D eigenvalue weighted by molar-refractivity contribution is 5.98. The summed E-state index contributed by atoms with van der Waals surface area (Å²) >= 11 is 0. The van der Waals surface area contributed by atoms with Crippen LogP contribution in [0, 0.1) is 28.8 Å². The zero-order chi connectivity index (χ0) is 21.0. The molecule has 0 unspecified atom stereocenters. The Bertz CT molecular complexity index is 939. The van der Waals surface area contributed by atoms with Crippen molar-refractivity contribution < 1.29 is 23.8 Å². The van der Waals surface area contributed by atoms with E-state index >= 15 is 0 Å². The molecule has 2 aromatic rings. The average molecular weight is 400 g/mol. The van der Waals surface area contributed by atoms with E-state index in [2.05, 4.69) is 5.32 Å². The summed E-state index contributed by atoms with van der Waals surface area (Å²) in [6.07, 6.45) is 1.27. The van der Waals surface area contributed by atoms with Gasteiger partial charge in [0.05, 0.1) is 23.7 Å². The van der Waals surface area contributed by atoms with E-state index in [1.54, 1.807) is 19.1 Å². The van der Waals surface area contributed by atoms with Gasteiger partial charge < -0.3 is 10.2 Å². The molecule has 29 heavy (non-hydrogen) atoms. The van der Waals surface area contributed by atoms with Crippen LogP contribution < -0.4 is 10.2 Å². The smallest absolute Gasteiger partial charge is 0.279 e. The molecule has 152 valence electrons. The second-order valence-electron chi connectivity index (χ2n) is 7.38. The van der Waals surface area contributed by atoms with Gasteiger partial charge in [-0.3, -0.25) is 19.7 Å². The minimum Gasteiger partial charge on any atom is -0.327 e. The molecule has 0 aliphatic carbocycles. The number of piperidine rings is 1. The molecular formula is C21H23FN3O4+. The first kappa shape index (κ1) is 20.6. The Morgan fingerprint density at radius 1 is 1.21 bits per heavy atom. The molecule has 2 aromatic carbocycles. The first-order chi connectivity index (χ1) is 13.8. The maximum absolute atomic E-state index is 13.3. The molecule has 0 bridgehead atoms. The second kappa shape index (κ2) is 8.91. The quantitative estimate of drug-likeness (QED) is 0.441. The fraction of sp³-hybridized carbons (Fsp3) is 0.333. The van der Waals surface area contributed by atoms with E-state index in [0.29, 0.717) is 37.2 Å². The van der Waals surface area contributed by atoms with Gasteiger partial charge in [0, 0.05) is 36.5 Å². The molecule has 0 saturated carbocycles. The van der Waals surface area contributed by atoms with Crippen LogP contribution in [0.1, 0.15) is 28.8 Å². The van der Waals surface area contributed by atoms with Crippen LogP contribution >= 0.6 is 0 Å². The number of carbonyl (C=O) groups is 2. The van der Waals surface area contributed by atoms with Gasteiger partial charge >= 0.3 is 0 Å². The molecule has 1 aliphatic rings. The van der Waals surface area contributed by atoms with Crippen molar-refractivity contribution in [3.05, 3.63) is 69.5 Å². The number of aryl methyl sites for hydroxylation is 1. The second-order valence-corrected chi connectivity index (χ2v) is 7.38. The normalized spacial score (nSPS) is 18.8. The SMILES string of the molecule is Cc1ccc([N+](=O)[O-])cc1NC(=O)C[NH+]1CCC(C(=O)c2cccc(F)c2)CC1. The number of quaternary nitrogens is 1.